The topological polar surface area (TPSA) is 85.3 Å². The van der Waals surface area contributed by atoms with Gasteiger partial charge in [0.1, 0.15) is 11.3 Å². The second-order valence-corrected chi connectivity index (χ2v) is 8.22. The van der Waals surface area contributed by atoms with Crippen LogP contribution in [0.15, 0.2) is 36.8 Å². The number of anilines is 2. The van der Waals surface area contributed by atoms with Gasteiger partial charge in [-0.2, -0.15) is 0 Å². The molecule has 8 heteroatoms. The molecule has 3 heterocycles. The van der Waals surface area contributed by atoms with Crippen LogP contribution in [0.1, 0.15) is 31.4 Å². The molecule has 2 fully saturated rings. The summed E-state index contributed by atoms with van der Waals surface area (Å²) in [5.41, 5.74) is 3.79. The molecule has 1 aliphatic carbocycles. The smallest absolute Gasteiger partial charge is 0.223 e. The predicted octanol–water partition coefficient (Wildman–Crippen LogP) is 3.37. The standard InChI is InChI=1S/C23H28N6O2/c1-16-6-7-26-23(27-16)28-17-2-4-19(5-3-17)31-21-15-18(29-10-12-30-13-11-29)14-20-22(21)25-9-8-24-20/h6-9,14-15,17,19H,2-5,10-13H2,1H3,(H,26,27,28)/t17-,19+. The first-order valence-electron chi connectivity index (χ1n) is 11.0. The van der Waals surface area contributed by atoms with Crippen molar-refractivity contribution < 1.29 is 9.47 Å². The molecule has 1 saturated carbocycles. The molecule has 5 rings (SSSR count). The molecular formula is C23H28N6O2. The molecule has 8 nitrogen and oxygen atoms in total. The average Bonchev–Trinajstić information content (AvgIpc) is 2.81. The van der Waals surface area contributed by atoms with Crippen molar-refractivity contribution in [2.75, 3.05) is 36.5 Å². The quantitative estimate of drug-likeness (QED) is 0.673. The van der Waals surface area contributed by atoms with E-state index in [4.69, 9.17) is 9.47 Å². The summed E-state index contributed by atoms with van der Waals surface area (Å²) in [6, 6.07) is 6.50. The first-order valence-corrected chi connectivity index (χ1v) is 11.0. The van der Waals surface area contributed by atoms with E-state index >= 15 is 0 Å². The predicted molar refractivity (Wildman–Crippen MR) is 120 cm³/mol. The zero-order valence-electron chi connectivity index (χ0n) is 17.8. The summed E-state index contributed by atoms with van der Waals surface area (Å²) >= 11 is 0. The van der Waals surface area contributed by atoms with Crippen LogP contribution in [0.5, 0.6) is 5.75 Å². The summed E-state index contributed by atoms with van der Waals surface area (Å²) in [7, 11) is 0. The second-order valence-electron chi connectivity index (χ2n) is 8.22. The summed E-state index contributed by atoms with van der Waals surface area (Å²) in [6.45, 7) is 5.23. The fraction of sp³-hybridized carbons (Fsp3) is 0.478. The number of nitrogens with one attached hydrogen (secondary N) is 1. The molecule has 2 aliphatic rings. The highest BCUT2D eigenvalue weighted by atomic mass is 16.5. The number of aromatic nitrogens is 4. The van der Waals surface area contributed by atoms with Crippen molar-refractivity contribution in [3.63, 3.8) is 0 Å². The maximum absolute atomic E-state index is 6.50. The van der Waals surface area contributed by atoms with Gasteiger partial charge in [0.2, 0.25) is 5.95 Å². The summed E-state index contributed by atoms with van der Waals surface area (Å²) in [5, 5.41) is 3.47. The lowest BCUT2D eigenvalue weighted by Crippen LogP contribution is -2.36. The lowest BCUT2D eigenvalue weighted by molar-refractivity contribution is 0.122. The van der Waals surface area contributed by atoms with Crippen LogP contribution >= 0.6 is 0 Å². The van der Waals surface area contributed by atoms with Gasteiger partial charge in [-0.05, 0) is 44.7 Å². The van der Waals surface area contributed by atoms with E-state index in [-0.39, 0.29) is 6.10 Å². The Hall–Kier alpha value is -3.00. The van der Waals surface area contributed by atoms with Crippen LogP contribution in [0.3, 0.4) is 0 Å². The van der Waals surface area contributed by atoms with Gasteiger partial charge in [0.05, 0.1) is 24.8 Å². The van der Waals surface area contributed by atoms with E-state index in [2.05, 4.69) is 42.3 Å². The third-order valence-corrected chi connectivity index (χ3v) is 6.00. The Bertz CT molecular complexity index is 1030. The number of hydrogen-bond donors (Lipinski definition) is 1. The molecule has 2 aromatic heterocycles. The van der Waals surface area contributed by atoms with E-state index in [1.807, 2.05) is 13.0 Å². The fourth-order valence-corrected chi connectivity index (χ4v) is 4.33. The van der Waals surface area contributed by atoms with Crippen molar-refractivity contribution in [2.45, 2.75) is 44.8 Å². The molecule has 0 spiro atoms. The van der Waals surface area contributed by atoms with Crippen LogP contribution in [0.2, 0.25) is 0 Å². The Balaban J connectivity index is 1.28. The summed E-state index contributed by atoms with van der Waals surface area (Å²) < 4.78 is 12.0. The normalized spacial score (nSPS) is 21.8. The van der Waals surface area contributed by atoms with E-state index in [1.165, 1.54) is 0 Å². The zero-order valence-corrected chi connectivity index (χ0v) is 17.8. The van der Waals surface area contributed by atoms with E-state index in [0.717, 1.165) is 80.2 Å². The van der Waals surface area contributed by atoms with Crippen LogP contribution in [0.25, 0.3) is 11.0 Å². The van der Waals surface area contributed by atoms with Crippen molar-refractivity contribution in [3.8, 4) is 5.75 Å². The third-order valence-electron chi connectivity index (χ3n) is 6.00. The van der Waals surface area contributed by atoms with Gasteiger partial charge in [-0.1, -0.05) is 0 Å². The molecule has 0 amide bonds. The highest BCUT2D eigenvalue weighted by Gasteiger charge is 2.24. The molecule has 0 bridgehead atoms. The summed E-state index contributed by atoms with van der Waals surface area (Å²) in [4.78, 5) is 20.2. The fourth-order valence-electron chi connectivity index (χ4n) is 4.33. The minimum atomic E-state index is 0.168. The minimum absolute atomic E-state index is 0.168. The number of hydrogen-bond acceptors (Lipinski definition) is 8. The van der Waals surface area contributed by atoms with Gasteiger partial charge < -0.3 is 19.7 Å². The van der Waals surface area contributed by atoms with E-state index in [0.29, 0.717) is 12.0 Å². The van der Waals surface area contributed by atoms with Gasteiger partial charge in [0, 0.05) is 55.2 Å². The summed E-state index contributed by atoms with van der Waals surface area (Å²) in [5.74, 6) is 1.54. The largest absolute Gasteiger partial charge is 0.488 e. The monoisotopic (exact) mass is 420 g/mol. The van der Waals surface area contributed by atoms with E-state index in [1.54, 1.807) is 18.6 Å². The maximum Gasteiger partial charge on any atom is 0.223 e. The Kier molecular flexibility index (Phi) is 5.80. The molecule has 31 heavy (non-hydrogen) atoms. The van der Waals surface area contributed by atoms with Gasteiger partial charge in [0.15, 0.2) is 0 Å². The highest BCUT2D eigenvalue weighted by molar-refractivity contribution is 5.85. The number of aryl methyl sites for hydroxylation is 1. The average molecular weight is 421 g/mol. The van der Waals surface area contributed by atoms with Crippen LogP contribution in [-0.4, -0.2) is 58.4 Å². The lowest BCUT2D eigenvalue weighted by Gasteiger charge is -2.31. The van der Waals surface area contributed by atoms with Crippen molar-refractivity contribution in [2.24, 2.45) is 0 Å². The van der Waals surface area contributed by atoms with Gasteiger partial charge in [0.25, 0.3) is 0 Å². The molecule has 3 aromatic rings. The number of rotatable bonds is 5. The Morgan fingerprint density at radius 1 is 1.00 bits per heavy atom. The zero-order chi connectivity index (χ0) is 21.0. The number of morpholine rings is 1. The van der Waals surface area contributed by atoms with E-state index in [9.17, 15) is 0 Å². The van der Waals surface area contributed by atoms with Gasteiger partial charge in [-0.15, -0.1) is 0 Å². The van der Waals surface area contributed by atoms with Crippen molar-refractivity contribution in [3.05, 3.63) is 42.5 Å². The molecule has 0 unspecified atom stereocenters. The Morgan fingerprint density at radius 3 is 2.61 bits per heavy atom. The highest BCUT2D eigenvalue weighted by Crippen LogP contribution is 2.33. The third kappa shape index (κ3) is 4.69. The maximum atomic E-state index is 6.50. The molecule has 1 N–H and O–H groups in total. The Morgan fingerprint density at radius 2 is 1.81 bits per heavy atom. The first-order chi connectivity index (χ1) is 15.2. The van der Waals surface area contributed by atoms with Gasteiger partial charge in [-0.25, -0.2) is 15.0 Å². The first kappa shape index (κ1) is 19.9. The van der Waals surface area contributed by atoms with Gasteiger partial charge >= 0.3 is 0 Å². The number of nitrogens with zero attached hydrogens (tertiary/aromatic N) is 5. The number of ether oxygens (including phenoxy) is 2. The minimum Gasteiger partial charge on any atom is -0.488 e. The molecule has 0 radical (unpaired) electrons. The molecule has 1 saturated heterocycles. The lowest BCUT2D eigenvalue weighted by atomic mass is 9.93. The second kappa shape index (κ2) is 9.01. The Labute approximate surface area is 182 Å². The molecule has 0 atom stereocenters. The summed E-state index contributed by atoms with van der Waals surface area (Å²) in [6.07, 6.45) is 9.43. The van der Waals surface area contributed by atoms with Crippen molar-refractivity contribution >= 4 is 22.7 Å². The number of fused-ring (bicyclic) bond motifs is 1. The number of benzene rings is 1. The van der Waals surface area contributed by atoms with Crippen molar-refractivity contribution in [1.29, 1.82) is 0 Å². The van der Waals surface area contributed by atoms with Crippen LogP contribution in [0.4, 0.5) is 11.6 Å². The van der Waals surface area contributed by atoms with E-state index < -0.39 is 0 Å². The van der Waals surface area contributed by atoms with Crippen molar-refractivity contribution in [1.82, 2.24) is 19.9 Å². The molecule has 1 aromatic carbocycles. The van der Waals surface area contributed by atoms with Crippen LogP contribution in [-0.2, 0) is 4.74 Å². The van der Waals surface area contributed by atoms with Crippen LogP contribution < -0.4 is 15.0 Å². The van der Waals surface area contributed by atoms with Gasteiger partial charge in [-0.3, -0.25) is 4.98 Å². The van der Waals surface area contributed by atoms with Crippen LogP contribution in [0, 0.1) is 6.92 Å². The molecule has 1 aliphatic heterocycles. The molecule has 162 valence electrons. The SMILES string of the molecule is Cc1ccnc(N[C@H]2CC[C@@H](Oc3cc(N4CCOCC4)cc4nccnc34)CC2)n1. The molecular weight excluding hydrogens is 392 g/mol.